The molecule has 2 aromatic carbocycles. The van der Waals surface area contributed by atoms with Gasteiger partial charge < -0.3 is 43.4 Å². The zero-order valence-electron chi connectivity index (χ0n) is 27.3. The van der Waals surface area contributed by atoms with Gasteiger partial charge in [0.2, 0.25) is 0 Å². The van der Waals surface area contributed by atoms with E-state index in [0.717, 1.165) is 46.4 Å². The predicted molar refractivity (Wildman–Crippen MR) is 167 cm³/mol. The van der Waals surface area contributed by atoms with Crippen LogP contribution in [0.3, 0.4) is 0 Å². The maximum atomic E-state index is 10.9. The van der Waals surface area contributed by atoms with Gasteiger partial charge in [-0.25, -0.2) is 0 Å². The summed E-state index contributed by atoms with van der Waals surface area (Å²) in [5, 5.41) is 21.7. The Hall–Kier alpha value is -2.82. The van der Waals surface area contributed by atoms with Gasteiger partial charge in [0.05, 0.1) is 18.8 Å². The molecule has 1 fully saturated rings. The highest BCUT2D eigenvalue weighted by molar-refractivity contribution is 5.76. The lowest BCUT2D eigenvalue weighted by Crippen LogP contribution is -2.58. The van der Waals surface area contributed by atoms with Crippen LogP contribution in [0, 0.1) is 11.3 Å². The number of benzene rings is 2. The van der Waals surface area contributed by atoms with E-state index >= 15 is 0 Å². The zero-order chi connectivity index (χ0) is 31.9. The first-order chi connectivity index (χ1) is 20.8. The van der Waals surface area contributed by atoms with E-state index in [2.05, 4.69) is 26.8 Å². The molecule has 5 rings (SSSR count). The highest BCUT2D eigenvalue weighted by atomic mass is 16.7. The summed E-state index contributed by atoms with van der Waals surface area (Å²) < 4.78 is 41.2. The number of hydrogen-bond donors (Lipinski definition) is 2. The lowest BCUT2D eigenvalue weighted by atomic mass is 9.57. The molecule has 9 heteroatoms. The predicted octanol–water partition coefficient (Wildman–Crippen LogP) is 5.53. The lowest BCUT2D eigenvalue weighted by Gasteiger charge is -2.55. The Balaban J connectivity index is 1.58. The van der Waals surface area contributed by atoms with Crippen molar-refractivity contribution in [3.8, 4) is 23.0 Å². The Morgan fingerprint density at radius 2 is 1.52 bits per heavy atom. The number of aliphatic hydroxyl groups is 2. The molecule has 9 nitrogen and oxygen atoms in total. The second-order valence-corrected chi connectivity index (χ2v) is 13.6. The molecule has 1 saturated carbocycles. The molecular formula is C35H48O9. The van der Waals surface area contributed by atoms with Crippen LogP contribution in [0.25, 0.3) is 12.2 Å². The molecular weight excluding hydrogens is 564 g/mol. The molecule has 44 heavy (non-hydrogen) atoms. The third-order valence-electron chi connectivity index (χ3n) is 9.78. The van der Waals surface area contributed by atoms with Crippen molar-refractivity contribution in [3.05, 3.63) is 46.0 Å². The van der Waals surface area contributed by atoms with Gasteiger partial charge in [0.25, 0.3) is 0 Å². The van der Waals surface area contributed by atoms with E-state index in [1.165, 1.54) is 0 Å². The Kier molecular flexibility index (Phi) is 9.27. The van der Waals surface area contributed by atoms with Gasteiger partial charge in [-0.05, 0) is 80.3 Å². The van der Waals surface area contributed by atoms with Crippen molar-refractivity contribution in [1.82, 2.24) is 0 Å². The molecule has 4 atom stereocenters. The molecule has 242 valence electrons. The normalized spacial score (nSPS) is 26.6. The largest absolute Gasteiger partial charge is 0.484 e. The smallest absolute Gasteiger partial charge is 0.188 e. The third-order valence-corrected chi connectivity index (χ3v) is 9.78. The monoisotopic (exact) mass is 612 g/mol. The van der Waals surface area contributed by atoms with Crippen molar-refractivity contribution >= 4 is 12.2 Å². The van der Waals surface area contributed by atoms with E-state index in [1.807, 2.05) is 38.1 Å². The molecule has 0 radical (unpaired) electrons. The highest BCUT2D eigenvalue weighted by Gasteiger charge is 2.55. The van der Waals surface area contributed by atoms with Gasteiger partial charge in [0, 0.05) is 44.8 Å². The highest BCUT2D eigenvalue weighted by Crippen LogP contribution is 2.55. The van der Waals surface area contributed by atoms with Crippen LogP contribution in [0.5, 0.6) is 23.0 Å². The fourth-order valence-electron chi connectivity index (χ4n) is 7.03. The van der Waals surface area contributed by atoms with Crippen LogP contribution in [0.1, 0.15) is 75.3 Å². The minimum absolute atomic E-state index is 0.0643. The van der Waals surface area contributed by atoms with E-state index < -0.39 is 17.3 Å². The molecule has 1 aliphatic carbocycles. The fraction of sp³-hybridized carbons (Fsp3) is 0.600. The number of aliphatic hydroxyl groups excluding tert-OH is 2. The Bertz CT molecular complexity index is 1380. The van der Waals surface area contributed by atoms with Crippen LogP contribution >= 0.6 is 0 Å². The van der Waals surface area contributed by atoms with Gasteiger partial charge in [0.15, 0.2) is 25.1 Å². The summed E-state index contributed by atoms with van der Waals surface area (Å²) in [6.45, 7) is 10.7. The first kappa shape index (κ1) is 32.6. The number of hydrogen-bond acceptors (Lipinski definition) is 9. The molecule has 3 aliphatic rings. The molecule has 2 aliphatic heterocycles. The summed E-state index contributed by atoms with van der Waals surface area (Å²) in [5.74, 6) is 2.75. The quantitative estimate of drug-likeness (QED) is 0.265. The standard InChI is InChI=1S/C35H48O9/c1-33(2)28-16-23-13-21(14-27(42-20-40-8)31(23)44-35(28,5)12-11-29(33)36)9-10-22-15-26(41-19-39-7)24-17-30(37)34(3,4)43-32(24)25(22)18-38-6/h9-10,13-15,28-30,36-37H,11-12,16-20H2,1-8H3/b10-9+/t28-,29-,30?,35-/m1/s1. The van der Waals surface area contributed by atoms with Crippen LogP contribution < -0.4 is 18.9 Å². The SMILES string of the molecule is COCOc1cc(/C=C/c2cc3c(c(OCOC)c2)O[C@]2(C)CC[C@@H](O)C(C)(C)[C@H]2C3)c(COC)c2c1CC(O)C(C)(C)O2. The second kappa shape index (κ2) is 12.5. The average Bonchev–Trinajstić information content (AvgIpc) is 2.97. The Morgan fingerprint density at radius 1 is 0.818 bits per heavy atom. The van der Waals surface area contributed by atoms with Gasteiger partial charge in [0.1, 0.15) is 22.7 Å². The minimum atomic E-state index is -0.780. The van der Waals surface area contributed by atoms with Crippen molar-refractivity contribution in [3.63, 3.8) is 0 Å². The van der Waals surface area contributed by atoms with E-state index in [0.29, 0.717) is 36.7 Å². The maximum absolute atomic E-state index is 10.9. The van der Waals surface area contributed by atoms with E-state index in [4.69, 9.17) is 33.2 Å². The lowest BCUT2D eigenvalue weighted by molar-refractivity contribution is -0.138. The number of fused-ring (bicyclic) bond motifs is 3. The van der Waals surface area contributed by atoms with Crippen LogP contribution in [0.15, 0.2) is 18.2 Å². The molecule has 1 unspecified atom stereocenters. The topological polar surface area (TPSA) is 105 Å². The third kappa shape index (κ3) is 6.05. The zero-order valence-corrected chi connectivity index (χ0v) is 27.3. The maximum Gasteiger partial charge on any atom is 0.188 e. The van der Waals surface area contributed by atoms with Crippen molar-refractivity contribution in [2.45, 2.75) is 90.3 Å². The van der Waals surface area contributed by atoms with Crippen LogP contribution in [-0.4, -0.2) is 68.5 Å². The summed E-state index contributed by atoms with van der Waals surface area (Å²) in [6.07, 6.45) is 5.58. The first-order valence-electron chi connectivity index (χ1n) is 15.3. The van der Waals surface area contributed by atoms with Crippen molar-refractivity contribution < 1.29 is 43.4 Å². The summed E-state index contributed by atoms with van der Waals surface area (Å²) in [6, 6.07) is 6.04. The molecule has 0 amide bonds. The van der Waals surface area contributed by atoms with Gasteiger partial charge in [-0.15, -0.1) is 0 Å². The summed E-state index contributed by atoms with van der Waals surface area (Å²) in [7, 11) is 4.82. The molecule has 0 bridgehead atoms. The van der Waals surface area contributed by atoms with Crippen LogP contribution in [-0.2, 0) is 33.7 Å². The molecule has 2 N–H and O–H groups in total. The van der Waals surface area contributed by atoms with E-state index in [9.17, 15) is 10.2 Å². The Labute approximate surface area is 261 Å². The van der Waals surface area contributed by atoms with Crippen LogP contribution in [0.2, 0.25) is 0 Å². The van der Waals surface area contributed by atoms with Crippen molar-refractivity contribution in [2.24, 2.45) is 11.3 Å². The van der Waals surface area contributed by atoms with E-state index in [-0.39, 0.29) is 31.0 Å². The molecule has 2 heterocycles. The molecule has 0 spiro atoms. The van der Waals surface area contributed by atoms with Gasteiger partial charge >= 0.3 is 0 Å². The van der Waals surface area contributed by atoms with E-state index in [1.54, 1.807) is 21.3 Å². The number of methoxy groups -OCH3 is 3. The molecule has 0 aromatic heterocycles. The molecule has 2 aromatic rings. The summed E-state index contributed by atoms with van der Waals surface area (Å²) >= 11 is 0. The number of rotatable bonds is 10. The summed E-state index contributed by atoms with van der Waals surface area (Å²) in [5.41, 5.74) is 2.99. The first-order valence-corrected chi connectivity index (χ1v) is 15.3. The summed E-state index contributed by atoms with van der Waals surface area (Å²) in [4.78, 5) is 0. The van der Waals surface area contributed by atoms with Gasteiger partial charge in [-0.3, -0.25) is 0 Å². The van der Waals surface area contributed by atoms with Crippen LogP contribution in [0.4, 0.5) is 0 Å². The molecule has 0 saturated heterocycles. The van der Waals surface area contributed by atoms with Gasteiger partial charge in [-0.1, -0.05) is 26.0 Å². The Morgan fingerprint density at radius 3 is 2.20 bits per heavy atom. The van der Waals surface area contributed by atoms with Crippen molar-refractivity contribution in [1.29, 1.82) is 0 Å². The average molecular weight is 613 g/mol. The second-order valence-electron chi connectivity index (χ2n) is 13.6. The fourth-order valence-corrected chi connectivity index (χ4v) is 7.03. The van der Waals surface area contributed by atoms with Crippen molar-refractivity contribution in [2.75, 3.05) is 34.9 Å². The minimum Gasteiger partial charge on any atom is -0.484 e. The van der Waals surface area contributed by atoms with Gasteiger partial charge in [-0.2, -0.15) is 0 Å². The number of ether oxygens (including phenoxy) is 7.